The molecule has 0 bridgehead atoms. The van der Waals surface area contributed by atoms with Crippen LogP contribution in [-0.2, 0) is 11.3 Å². The van der Waals surface area contributed by atoms with E-state index in [0.717, 1.165) is 12.8 Å². The molecule has 0 radical (unpaired) electrons. The van der Waals surface area contributed by atoms with Crippen LogP contribution in [0.3, 0.4) is 0 Å². The number of carbonyl (C=O) groups excluding carboxylic acids is 2. The van der Waals surface area contributed by atoms with Gasteiger partial charge in [0.1, 0.15) is 17.5 Å². The Bertz CT molecular complexity index is 466. The summed E-state index contributed by atoms with van der Waals surface area (Å²) in [5.41, 5.74) is -0.144. The zero-order valence-electron chi connectivity index (χ0n) is 9.47. The number of aromatic nitrogens is 1. The van der Waals surface area contributed by atoms with Crippen molar-refractivity contribution in [3.05, 3.63) is 18.0 Å². The minimum absolute atomic E-state index is 0.159. The summed E-state index contributed by atoms with van der Waals surface area (Å²) in [6.45, 7) is 1.97. The number of hydrogen-bond donors (Lipinski definition) is 1. The normalized spacial score (nSPS) is 28.6. The van der Waals surface area contributed by atoms with Crippen LogP contribution in [0.4, 0.5) is 4.79 Å². The molecule has 1 N–H and O–H groups in total. The molecule has 0 aromatic carbocycles. The van der Waals surface area contributed by atoms with Gasteiger partial charge in [-0.15, -0.1) is 0 Å². The summed E-state index contributed by atoms with van der Waals surface area (Å²) in [5, 5.41) is 6.49. The summed E-state index contributed by atoms with van der Waals surface area (Å²) in [5.74, 6) is 0.120. The highest BCUT2D eigenvalue weighted by Gasteiger charge is 2.55. The molecule has 1 atom stereocenters. The van der Waals surface area contributed by atoms with E-state index in [1.807, 2.05) is 0 Å². The maximum absolute atomic E-state index is 12.2. The van der Waals surface area contributed by atoms with Crippen LogP contribution >= 0.6 is 0 Å². The monoisotopic (exact) mass is 235 g/mol. The fraction of sp³-hybridized carbons (Fsp3) is 0.545. The molecular weight excluding hydrogens is 222 g/mol. The molecule has 1 unspecified atom stereocenters. The summed E-state index contributed by atoms with van der Waals surface area (Å²) in [7, 11) is 0. The van der Waals surface area contributed by atoms with E-state index in [1.54, 1.807) is 13.0 Å². The van der Waals surface area contributed by atoms with Crippen LogP contribution in [0.5, 0.6) is 0 Å². The molecule has 1 saturated heterocycles. The van der Waals surface area contributed by atoms with Gasteiger partial charge in [-0.3, -0.25) is 9.69 Å². The maximum atomic E-state index is 12.2. The molecule has 17 heavy (non-hydrogen) atoms. The second-order valence-corrected chi connectivity index (χ2v) is 4.79. The summed E-state index contributed by atoms with van der Waals surface area (Å²) in [6, 6.07) is 1.31. The first-order chi connectivity index (χ1) is 8.11. The van der Waals surface area contributed by atoms with Gasteiger partial charge < -0.3 is 9.84 Å². The van der Waals surface area contributed by atoms with Crippen molar-refractivity contribution >= 4 is 11.9 Å². The van der Waals surface area contributed by atoms with E-state index in [2.05, 4.69) is 15.0 Å². The highest BCUT2D eigenvalue weighted by atomic mass is 16.5. The third-order valence-electron chi connectivity index (χ3n) is 3.51. The van der Waals surface area contributed by atoms with E-state index in [-0.39, 0.29) is 24.4 Å². The second kappa shape index (κ2) is 3.32. The van der Waals surface area contributed by atoms with E-state index in [4.69, 9.17) is 0 Å². The number of rotatable bonds is 3. The highest BCUT2D eigenvalue weighted by molar-refractivity contribution is 6.07. The lowest BCUT2D eigenvalue weighted by Crippen LogP contribution is -2.46. The number of amides is 3. The smallest absolute Gasteiger partial charge is 0.325 e. The molecule has 3 amide bonds. The molecule has 2 fully saturated rings. The molecule has 6 heteroatoms. The number of hydrogen-bond acceptors (Lipinski definition) is 4. The molecule has 90 valence electrons. The van der Waals surface area contributed by atoms with Gasteiger partial charge in [0.05, 0.1) is 6.54 Å². The van der Waals surface area contributed by atoms with Crippen molar-refractivity contribution < 1.29 is 14.1 Å². The van der Waals surface area contributed by atoms with Crippen LogP contribution in [0.25, 0.3) is 0 Å². The summed E-state index contributed by atoms with van der Waals surface area (Å²) in [4.78, 5) is 25.2. The van der Waals surface area contributed by atoms with Crippen molar-refractivity contribution in [3.63, 3.8) is 0 Å². The van der Waals surface area contributed by atoms with E-state index < -0.39 is 5.54 Å². The second-order valence-electron chi connectivity index (χ2n) is 4.79. The molecule has 1 aliphatic heterocycles. The topological polar surface area (TPSA) is 75.4 Å². The van der Waals surface area contributed by atoms with Crippen molar-refractivity contribution in [2.24, 2.45) is 5.92 Å². The fourth-order valence-electron chi connectivity index (χ4n) is 2.28. The average Bonchev–Trinajstić information content (AvgIpc) is 2.99. The summed E-state index contributed by atoms with van der Waals surface area (Å²) < 4.78 is 4.69. The molecule has 1 saturated carbocycles. The molecule has 1 aromatic heterocycles. The summed E-state index contributed by atoms with van der Waals surface area (Å²) in [6.07, 6.45) is 3.43. The van der Waals surface area contributed by atoms with E-state index >= 15 is 0 Å². The lowest BCUT2D eigenvalue weighted by Gasteiger charge is -2.20. The SMILES string of the molecule is CC1(C2CC2)NC(=O)N(Cc2ccon2)C1=O. The number of nitrogens with zero attached hydrogens (tertiary/aromatic N) is 2. The van der Waals surface area contributed by atoms with Crippen LogP contribution in [0.2, 0.25) is 0 Å². The third-order valence-corrected chi connectivity index (χ3v) is 3.51. The van der Waals surface area contributed by atoms with Crippen LogP contribution in [0.1, 0.15) is 25.5 Å². The van der Waals surface area contributed by atoms with Gasteiger partial charge in [0, 0.05) is 6.07 Å². The number of urea groups is 1. The van der Waals surface area contributed by atoms with Crippen molar-refractivity contribution in [3.8, 4) is 0 Å². The fourth-order valence-corrected chi connectivity index (χ4v) is 2.28. The molecule has 2 aliphatic rings. The Morgan fingerprint density at radius 2 is 2.35 bits per heavy atom. The van der Waals surface area contributed by atoms with Gasteiger partial charge in [-0.1, -0.05) is 5.16 Å². The predicted molar refractivity (Wildman–Crippen MR) is 56.7 cm³/mol. The van der Waals surface area contributed by atoms with Gasteiger partial charge >= 0.3 is 6.03 Å². The Morgan fingerprint density at radius 1 is 1.59 bits per heavy atom. The zero-order chi connectivity index (χ0) is 12.0. The molecule has 3 rings (SSSR count). The minimum Gasteiger partial charge on any atom is -0.364 e. The van der Waals surface area contributed by atoms with Gasteiger partial charge in [-0.2, -0.15) is 0 Å². The van der Waals surface area contributed by atoms with Crippen LogP contribution < -0.4 is 5.32 Å². The molecule has 1 aromatic rings. The van der Waals surface area contributed by atoms with Gasteiger partial charge in [-0.25, -0.2) is 4.79 Å². The van der Waals surface area contributed by atoms with Crippen LogP contribution in [0, 0.1) is 5.92 Å². The standard InChI is InChI=1S/C11H13N3O3/c1-11(7-2-3-7)9(15)14(10(16)12-11)6-8-4-5-17-13-8/h4-5,7H,2-3,6H2,1H3,(H,12,16). The number of nitrogens with one attached hydrogen (secondary N) is 1. The largest absolute Gasteiger partial charge is 0.364 e. The third kappa shape index (κ3) is 1.51. The van der Waals surface area contributed by atoms with Crippen LogP contribution in [-0.4, -0.2) is 27.5 Å². The first-order valence-electron chi connectivity index (χ1n) is 5.64. The van der Waals surface area contributed by atoms with Crippen molar-refractivity contribution in [2.45, 2.75) is 31.8 Å². The highest BCUT2D eigenvalue weighted by Crippen LogP contribution is 2.42. The minimum atomic E-state index is -0.721. The van der Waals surface area contributed by atoms with Crippen molar-refractivity contribution in [2.75, 3.05) is 0 Å². The molecule has 1 aliphatic carbocycles. The Hall–Kier alpha value is -1.85. The van der Waals surface area contributed by atoms with Gasteiger partial charge in [0.15, 0.2) is 0 Å². The van der Waals surface area contributed by atoms with Gasteiger partial charge in [0.2, 0.25) is 0 Å². The van der Waals surface area contributed by atoms with Crippen molar-refractivity contribution in [1.29, 1.82) is 0 Å². The first kappa shape index (κ1) is 10.3. The summed E-state index contributed by atoms with van der Waals surface area (Å²) >= 11 is 0. The Balaban J connectivity index is 1.81. The van der Waals surface area contributed by atoms with Crippen molar-refractivity contribution in [1.82, 2.24) is 15.4 Å². The number of carbonyl (C=O) groups is 2. The van der Waals surface area contributed by atoms with E-state index in [9.17, 15) is 9.59 Å². The Labute approximate surface area is 97.9 Å². The van der Waals surface area contributed by atoms with Gasteiger partial charge in [-0.05, 0) is 25.7 Å². The lowest BCUT2D eigenvalue weighted by atomic mass is 9.96. The first-order valence-corrected chi connectivity index (χ1v) is 5.64. The molecule has 0 spiro atoms. The van der Waals surface area contributed by atoms with E-state index in [0.29, 0.717) is 5.69 Å². The molecule has 6 nitrogen and oxygen atoms in total. The Morgan fingerprint density at radius 3 is 2.94 bits per heavy atom. The van der Waals surface area contributed by atoms with Crippen LogP contribution in [0.15, 0.2) is 16.9 Å². The Kier molecular flexibility index (Phi) is 2.01. The molecule has 2 heterocycles. The quantitative estimate of drug-likeness (QED) is 0.789. The maximum Gasteiger partial charge on any atom is 0.325 e. The lowest BCUT2D eigenvalue weighted by molar-refractivity contribution is -0.131. The predicted octanol–water partition coefficient (Wildman–Crippen LogP) is 0.895. The van der Waals surface area contributed by atoms with E-state index in [1.165, 1.54) is 11.2 Å². The van der Waals surface area contributed by atoms with Gasteiger partial charge in [0.25, 0.3) is 5.91 Å². The molecular formula is C11H13N3O3. The number of imide groups is 1. The zero-order valence-corrected chi connectivity index (χ0v) is 9.47. The average molecular weight is 235 g/mol.